The van der Waals surface area contributed by atoms with Gasteiger partial charge in [-0.2, -0.15) is 25.9 Å². The molecule has 4 rings (SSSR count). The van der Waals surface area contributed by atoms with Gasteiger partial charge in [0.2, 0.25) is 12.6 Å². The van der Waals surface area contributed by atoms with Crippen molar-refractivity contribution < 1.29 is 31.1 Å². The largest absolute Gasteiger partial charge is 0.516 e. The van der Waals surface area contributed by atoms with E-state index in [1.54, 1.807) is 47.9 Å². The minimum atomic E-state index is -6.15. The Morgan fingerprint density at radius 1 is 1.00 bits per heavy atom. The van der Waals surface area contributed by atoms with E-state index < -0.39 is 32.5 Å². The molecule has 1 atom stereocenters. The van der Waals surface area contributed by atoms with Crippen molar-refractivity contribution in [2.75, 3.05) is 0 Å². The van der Waals surface area contributed by atoms with Gasteiger partial charge in [0.1, 0.15) is 11.6 Å². The molecule has 3 aromatic carbocycles. The Balaban J connectivity index is 1.72. The van der Waals surface area contributed by atoms with Gasteiger partial charge in [0.15, 0.2) is 0 Å². The number of alkyl halides is 3. The number of nitrogens with zero attached hydrogens (tertiary/aromatic N) is 3. The Morgan fingerprint density at radius 3 is 2.20 bits per heavy atom. The van der Waals surface area contributed by atoms with Crippen molar-refractivity contribution in [2.45, 2.75) is 51.4 Å². The van der Waals surface area contributed by atoms with Crippen molar-refractivity contribution in [3.8, 4) is 16.9 Å². The minimum Gasteiger partial charge on any atom is -0.465 e. The molecule has 1 unspecified atom stereocenters. The Kier molecular flexibility index (Phi) is 10.6. The van der Waals surface area contributed by atoms with Gasteiger partial charge < -0.3 is 4.74 Å². The first-order chi connectivity index (χ1) is 21.3. The maximum absolute atomic E-state index is 13.9. The van der Waals surface area contributed by atoms with Crippen LogP contribution in [0.2, 0.25) is 10.0 Å². The Labute approximate surface area is 268 Å². The minimum absolute atomic E-state index is 0.0646. The van der Waals surface area contributed by atoms with Gasteiger partial charge in [0, 0.05) is 27.6 Å². The monoisotopic (exact) mass is 681 g/mol. The van der Waals surface area contributed by atoms with Gasteiger partial charge in [-0.3, -0.25) is 14.2 Å². The number of carbonyl (C=O) groups is 1. The van der Waals surface area contributed by atoms with Crippen LogP contribution in [-0.4, -0.2) is 34.2 Å². The fraction of sp³-hybridized carbons (Fsp3) is 0.258. The fourth-order valence-corrected chi connectivity index (χ4v) is 5.87. The third kappa shape index (κ3) is 7.34. The Hall–Kier alpha value is -3.87. The predicted octanol–water partition coefficient (Wildman–Crippen LogP) is 7.30. The first kappa shape index (κ1) is 34.0. The third-order valence-corrected chi connectivity index (χ3v) is 9.01. The molecule has 1 aromatic heterocycles. The van der Waals surface area contributed by atoms with Crippen LogP contribution >= 0.6 is 23.2 Å². The zero-order valence-corrected chi connectivity index (χ0v) is 26.4. The summed E-state index contributed by atoms with van der Waals surface area (Å²) in [5.74, 6) is 0.512. The third-order valence-electron chi connectivity index (χ3n) is 6.91. The second-order valence-electron chi connectivity index (χ2n) is 9.98. The summed E-state index contributed by atoms with van der Waals surface area (Å²) in [5, 5.41) is 0.280. The summed E-state index contributed by atoms with van der Waals surface area (Å²) in [5.41, 5.74) is -4.20. The average Bonchev–Trinajstić information content (AvgIpc) is 2.99. The Bertz CT molecular complexity index is 1850. The normalized spacial score (nSPS) is 12.5. The number of hydrogen-bond acceptors (Lipinski definition) is 6. The number of amides is 1. The van der Waals surface area contributed by atoms with Crippen molar-refractivity contribution in [1.29, 1.82) is 0 Å². The molecule has 0 N–H and O–H groups in total. The highest BCUT2D eigenvalue weighted by Gasteiger charge is 2.53. The Morgan fingerprint density at radius 2 is 1.62 bits per heavy atom. The molecule has 1 heterocycles. The SMILES string of the molecule is CCCCc1nc(C)c(-c2ccccc2Cl)c(=O)n1Cc1ccc(OC(c2ccccc2Cl)N(C=O)S(=O)(=O)C(F)(F)F)cc1. The van der Waals surface area contributed by atoms with Crippen molar-refractivity contribution in [1.82, 2.24) is 13.9 Å². The maximum atomic E-state index is 13.9. The highest BCUT2D eigenvalue weighted by Crippen LogP contribution is 2.36. The number of aryl methyl sites for hydroxylation is 2. The zero-order chi connectivity index (χ0) is 32.9. The van der Waals surface area contributed by atoms with Crippen LogP contribution in [0.3, 0.4) is 0 Å². The summed E-state index contributed by atoms with van der Waals surface area (Å²) in [6.45, 7) is 3.87. The topological polar surface area (TPSA) is 98.6 Å². The predicted molar refractivity (Wildman–Crippen MR) is 166 cm³/mol. The van der Waals surface area contributed by atoms with E-state index in [0.717, 1.165) is 12.8 Å². The van der Waals surface area contributed by atoms with E-state index in [4.69, 9.17) is 32.9 Å². The molecular weight excluding hydrogens is 654 g/mol. The van der Waals surface area contributed by atoms with E-state index in [-0.39, 0.29) is 28.4 Å². The van der Waals surface area contributed by atoms with Crippen molar-refractivity contribution >= 4 is 39.6 Å². The smallest absolute Gasteiger partial charge is 0.465 e. The molecule has 0 radical (unpaired) electrons. The van der Waals surface area contributed by atoms with Crippen LogP contribution in [0.25, 0.3) is 11.1 Å². The van der Waals surface area contributed by atoms with Crippen LogP contribution in [0, 0.1) is 6.92 Å². The second-order valence-corrected chi connectivity index (χ2v) is 12.6. The van der Waals surface area contributed by atoms with Gasteiger partial charge in [-0.05, 0) is 43.2 Å². The molecule has 238 valence electrons. The van der Waals surface area contributed by atoms with Gasteiger partial charge in [-0.25, -0.2) is 4.98 Å². The molecule has 0 aliphatic carbocycles. The van der Waals surface area contributed by atoms with E-state index in [1.165, 1.54) is 36.4 Å². The van der Waals surface area contributed by atoms with Gasteiger partial charge in [0.25, 0.3) is 5.56 Å². The molecule has 1 amide bonds. The molecule has 0 aliphatic heterocycles. The second kappa shape index (κ2) is 14.1. The van der Waals surface area contributed by atoms with Crippen LogP contribution in [0.5, 0.6) is 5.75 Å². The summed E-state index contributed by atoms with van der Waals surface area (Å²) >= 11 is 12.6. The number of sulfonamides is 1. The lowest BCUT2D eigenvalue weighted by atomic mass is 10.0. The number of benzene rings is 3. The fourth-order valence-electron chi connectivity index (χ4n) is 4.65. The molecule has 8 nitrogen and oxygen atoms in total. The number of hydrogen-bond donors (Lipinski definition) is 0. The van der Waals surface area contributed by atoms with Crippen molar-refractivity contribution in [2.24, 2.45) is 0 Å². The molecule has 0 fully saturated rings. The summed E-state index contributed by atoms with van der Waals surface area (Å²) in [7, 11) is -6.15. The van der Waals surface area contributed by atoms with Gasteiger partial charge in [0.05, 0.1) is 17.8 Å². The first-order valence-corrected chi connectivity index (χ1v) is 15.9. The molecule has 0 bridgehead atoms. The molecule has 0 saturated heterocycles. The lowest BCUT2D eigenvalue weighted by Crippen LogP contribution is -2.44. The number of carbonyl (C=O) groups excluding carboxylic acids is 1. The van der Waals surface area contributed by atoms with E-state index in [1.807, 2.05) is 6.92 Å². The van der Waals surface area contributed by atoms with Crippen molar-refractivity contribution in [3.63, 3.8) is 0 Å². The van der Waals surface area contributed by atoms with Crippen LogP contribution in [-0.2, 0) is 27.8 Å². The highest BCUT2D eigenvalue weighted by molar-refractivity contribution is 7.90. The molecular formula is C31H28Cl2F3N3O5S. The maximum Gasteiger partial charge on any atom is 0.516 e. The summed E-state index contributed by atoms with van der Waals surface area (Å²) in [6, 6.07) is 18.3. The number of aromatic nitrogens is 2. The van der Waals surface area contributed by atoms with Crippen LogP contribution in [0.1, 0.15) is 48.6 Å². The van der Waals surface area contributed by atoms with E-state index >= 15 is 0 Å². The first-order valence-electron chi connectivity index (χ1n) is 13.7. The van der Waals surface area contributed by atoms with Gasteiger partial charge >= 0.3 is 15.5 Å². The molecule has 14 heteroatoms. The van der Waals surface area contributed by atoms with Crippen molar-refractivity contribution in [3.05, 3.63) is 116 Å². The number of ether oxygens (including phenoxy) is 1. The number of unbranched alkanes of at least 4 members (excludes halogenated alkanes) is 1. The summed E-state index contributed by atoms with van der Waals surface area (Å²) in [6.07, 6.45) is -0.332. The summed E-state index contributed by atoms with van der Waals surface area (Å²) in [4.78, 5) is 30.4. The van der Waals surface area contributed by atoms with E-state index in [2.05, 4.69) is 0 Å². The molecule has 0 spiro atoms. The highest BCUT2D eigenvalue weighted by atomic mass is 35.5. The molecule has 45 heavy (non-hydrogen) atoms. The van der Waals surface area contributed by atoms with E-state index in [0.29, 0.717) is 39.7 Å². The number of halogens is 5. The van der Waals surface area contributed by atoms with Crippen LogP contribution in [0.15, 0.2) is 77.6 Å². The quantitative estimate of drug-likeness (QED) is 0.115. The molecule has 0 saturated carbocycles. The van der Waals surface area contributed by atoms with Gasteiger partial charge in [-0.15, -0.1) is 0 Å². The lowest BCUT2D eigenvalue weighted by Gasteiger charge is -2.29. The van der Waals surface area contributed by atoms with E-state index in [9.17, 15) is 31.2 Å². The zero-order valence-electron chi connectivity index (χ0n) is 24.1. The number of rotatable bonds is 12. The molecule has 4 aromatic rings. The van der Waals surface area contributed by atoms with Crippen LogP contribution in [0.4, 0.5) is 13.2 Å². The molecule has 0 aliphatic rings. The van der Waals surface area contributed by atoms with Gasteiger partial charge in [-0.1, -0.05) is 85.1 Å². The average molecular weight is 683 g/mol. The summed E-state index contributed by atoms with van der Waals surface area (Å²) < 4.78 is 71.7. The lowest BCUT2D eigenvalue weighted by molar-refractivity contribution is -0.121. The standard InChI is InChI=1S/C31H28Cl2F3N3O5S/c1-3-4-13-27-37-20(2)28(23-9-5-7-11-25(23)32)29(41)38(27)18-21-14-16-22(17-15-21)44-30(24-10-6-8-12-26(24)33)39(19-40)45(42,43)31(34,35)36/h5-12,14-17,19,30H,3-4,13,18H2,1-2H3. The van der Waals surface area contributed by atoms with Crippen LogP contribution < -0.4 is 10.3 Å².